The quantitative estimate of drug-likeness (QED) is 0.413. The van der Waals surface area contributed by atoms with Gasteiger partial charge in [-0.1, -0.05) is 13.8 Å². The number of hydrogen-bond acceptors (Lipinski definition) is 4. The van der Waals surface area contributed by atoms with E-state index in [0.29, 0.717) is 25.9 Å². The summed E-state index contributed by atoms with van der Waals surface area (Å²) in [7, 11) is 0. The van der Waals surface area contributed by atoms with E-state index in [1.165, 1.54) is 0 Å². The summed E-state index contributed by atoms with van der Waals surface area (Å²) in [5.41, 5.74) is -0.481. The van der Waals surface area contributed by atoms with E-state index in [1.54, 1.807) is 4.90 Å². The van der Waals surface area contributed by atoms with Crippen LogP contribution in [0, 0.1) is 10.8 Å². The number of amidine groups is 1. The van der Waals surface area contributed by atoms with E-state index >= 15 is 0 Å². The van der Waals surface area contributed by atoms with Crippen LogP contribution in [-0.2, 0) is 4.74 Å². The molecule has 1 rings (SSSR count). The zero-order valence-corrected chi connectivity index (χ0v) is 19.2. The van der Waals surface area contributed by atoms with Gasteiger partial charge in [-0.05, 0) is 61.4 Å². The van der Waals surface area contributed by atoms with Gasteiger partial charge in [-0.2, -0.15) is 0 Å². The summed E-state index contributed by atoms with van der Waals surface area (Å²) in [5, 5.41) is 18.9. The van der Waals surface area contributed by atoms with Crippen LogP contribution in [-0.4, -0.2) is 46.2 Å². The van der Waals surface area contributed by atoms with Crippen molar-refractivity contribution in [3.05, 3.63) is 5.32 Å². The molecule has 0 bridgehead atoms. The average Bonchev–Trinajstić information content (AvgIpc) is 2.39. The van der Waals surface area contributed by atoms with Crippen molar-refractivity contribution in [3.8, 4) is 0 Å². The molecule has 0 unspecified atom stereocenters. The summed E-state index contributed by atoms with van der Waals surface area (Å²) in [6, 6.07) is 0.00378. The minimum atomic E-state index is -0.481. The number of ether oxygens (including phenoxy) is 1. The number of hydrogen-bond donors (Lipinski definition) is 2. The van der Waals surface area contributed by atoms with Gasteiger partial charge in [-0.15, -0.1) is 0 Å². The van der Waals surface area contributed by atoms with Crippen LogP contribution in [0.4, 0.5) is 4.79 Å². The first-order chi connectivity index (χ1) is 9.69. The second-order valence-corrected chi connectivity index (χ2v) is 6.28. The second kappa shape index (κ2) is 12.0. The second-order valence-electron chi connectivity index (χ2n) is 5.49. The summed E-state index contributed by atoms with van der Waals surface area (Å²) in [4.78, 5) is 13.5. The van der Waals surface area contributed by atoms with Crippen molar-refractivity contribution in [1.29, 1.82) is 10.8 Å². The molecule has 1 aliphatic rings. The number of nitrogens with zero attached hydrogens (tertiary/aromatic N) is 2. The number of rotatable bonds is 2. The van der Waals surface area contributed by atoms with Crippen molar-refractivity contribution in [1.82, 2.24) is 4.90 Å². The van der Waals surface area contributed by atoms with Gasteiger partial charge >= 0.3 is 57.5 Å². The standard InChI is InChI=1S/C12H20BrN4O2.C2H6.K/c1-12(2,3)19-11(18)17-6-4-8(5-7-17)16-10(15)9(13)14;1-2;/h8,14H,4-7H2,1-3H3,(H-,15,16);1-2H3;/q-1;;+1. The zero-order chi connectivity index (χ0) is 16.6. The number of carbonyl (C=O) groups excluding carboxylic acids is 1. The minimum Gasteiger partial charge on any atom is -0.480 e. The van der Waals surface area contributed by atoms with Gasteiger partial charge in [-0.25, -0.2) is 4.79 Å². The molecule has 122 valence electrons. The SMILES string of the molecule is CC.CC(C)(C)OC(=O)N1CCC([N-]C(=N)C(=N)Br)CC1.[K+]. The van der Waals surface area contributed by atoms with Crippen LogP contribution in [0.15, 0.2) is 0 Å². The number of halogens is 1. The maximum Gasteiger partial charge on any atom is 1.00 e. The van der Waals surface area contributed by atoms with E-state index in [1.807, 2.05) is 34.6 Å². The monoisotopic (exact) mass is 400 g/mol. The summed E-state index contributed by atoms with van der Waals surface area (Å²) >= 11 is 2.92. The van der Waals surface area contributed by atoms with Crippen LogP contribution in [0.5, 0.6) is 0 Å². The third-order valence-corrected chi connectivity index (χ3v) is 3.01. The number of likely N-dealkylation sites (tertiary alicyclic amines) is 1. The molecule has 2 N–H and O–H groups in total. The van der Waals surface area contributed by atoms with Crippen LogP contribution < -0.4 is 51.4 Å². The van der Waals surface area contributed by atoms with Crippen LogP contribution in [0.2, 0.25) is 0 Å². The summed E-state index contributed by atoms with van der Waals surface area (Å²) < 4.78 is 5.29. The number of nitrogens with one attached hydrogen (secondary N) is 2. The minimum absolute atomic E-state index is 0. The Labute approximate surface area is 184 Å². The van der Waals surface area contributed by atoms with Crippen molar-refractivity contribution < 1.29 is 60.9 Å². The number of piperidine rings is 1. The third kappa shape index (κ3) is 10.3. The Kier molecular flexibility index (Phi) is 13.5. The first kappa shape index (κ1) is 24.8. The van der Waals surface area contributed by atoms with Gasteiger partial charge in [0.05, 0.1) is 4.62 Å². The Bertz CT molecular complexity index is 378. The van der Waals surface area contributed by atoms with E-state index in [9.17, 15) is 4.79 Å². The summed E-state index contributed by atoms with van der Waals surface area (Å²) in [6.07, 6.45) is 1.10. The van der Waals surface area contributed by atoms with Gasteiger partial charge in [-0.3, -0.25) is 5.41 Å². The molecule has 0 spiro atoms. The molecular formula is C14H26BrKN4O2. The smallest absolute Gasteiger partial charge is 0.480 e. The zero-order valence-electron chi connectivity index (χ0n) is 14.5. The van der Waals surface area contributed by atoms with Gasteiger partial charge < -0.3 is 20.4 Å². The Morgan fingerprint density at radius 3 is 2.05 bits per heavy atom. The predicted octanol–water partition coefficient (Wildman–Crippen LogP) is 1.14. The molecule has 0 atom stereocenters. The molecular weight excluding hydrogens is 375 g/mol. The van der Waals surface area contributed by atoms with Crippen molar-refractivity contribution in [2.24, 2.45) is 0 Å². The predicted molar refractivity (Wildman–Crippen MR) is 89.9 cm³/mol. The summed E-state index contributed by atoms with van der Waals surface area (Å²) in [6.45, 7) is 10.7. The molecule has 1 fully saturated rings. The van der Waals surface area contributed by atoms with Crippen LogP contribution in [0.1, 0.15) is 47.5 Å². The van der Waals surface area contributed by atoms with Crippen LogP contribution in [0.25, 0.3) is 5.32 Å². The number of carbonyl (C=O) groups is 1. The Morgan fingerprint density at radius 2 is 1.68 bits per heavy atom. The fourth-order valence-corrected chi connectivity index (χ4v) is 1.85. The molecule has 0 radical (unpaired) electrons. The number of amides is 1. The average molecular weight is 401 g/mol. The van der Waals surface area contributed by atoms with Gasteiger partial charge in [0.25, 0.3) is 0 Å². The maximum absolute atomic E-state index is 11.8. The maximum atomic E-state index is 11.8. The van der Waals surface area contributed by atoms with Crippen molar-refractivity contribution >= 4 is 32.5 Å². The molecule has 0 aromatic carbocycles. The van der Waals surface area contributed by atoms with E-state index in [2.05, 4.69) is 21.2 Å². The normalized spacial score (nSPS) is 14.9. The molecule has 1 heterocycles. The molecule has 22 heavy (non-hydrogen) atoms. The largest absolute Gasteiger partial charge is 1.00 e. The van der Waals surface area contributed by atoms with Crippen molar-refractivity contribution in [2.45, 2.75) is 59.1 Å². The first-order valence-corrected chi connectivity index (χ1v) is 8.00. The van der Waals surface area contributed by atoms with Crippen molar-refractivity contribution in [2.75, 3.05) is 13.1 Å². The van der Waals surface area contributed by atoms with E-state index in [0.717, 1.165) is 0 Å². The van der Waals surface area contributed by atoms with Gasteiger partial charge in [0, 0.05) is 13.1 Å². The molecule has 1 amide bonds. The fourth-order valence-electron chi connectivity index (χ4n) is 1.74. The van der Waals surface area contributed by atoms with Crippen molar-refractivity contribution in [3.63, 3.8) is 0 Å². The molecule has 0 saturated carbocycles. The summed E-state index contributed by atoms with van der Waals surface area (Å²) in [5.74, 6) is -0.0456. The fraction of sp³-hybridized carbons (Fsp3) is 0.786. The molecule has 0 aromatic rings. The van der Waals surface area contributed by atoms with Gasteiger partial charge in [0.1, 0.15) is 5.60 Å². The Morgan fingerprint density at radius 1 is 1.23 bits per heavy atom. The molecule has 1 saturated heterocycles. The third-order valence-electron chi connectivity index (χ3n) is 2.64. The van der Waals surface area contributed by atoms with Crippen LogP contribution in [0.3, 0.4) is 0 Å². The van der Waals surface area contributed by atoms with Gasteiger partial charge in [0.2, 0.25) is 0 Å². The first-order valence-electron chi connectivity index (χ1n) is 7.21. The molecule has 6 nitrogen and oxygen atoms in total. The van der Waals surface area contributed by atoms with E-state index in [4.69, 9.17) is 15.6 Å². The van der Waals surface area contributed by atoms with E-state index < -0.39 is 5.60 Å². The Hall–Kier alpha value is 0.526. The molecule has 1 aliphatic heterocycles. The van der Waals surface area contributed by atoms with E-state index in [-0.39, 0.29) is 74.0 Å². The molecule has 0 aromatic heterocycles. The topological polar surface area (TPSA) is 91.3 Å². The Balaban J connectivity index is 0. The molecule has 0 aliphatic carbocycles. The van der Waals surface area contributed by atoms with Gasteiger partial charge in [0.15, 0.2) is 0 Å². The molecule has 8 heteroatoms. The van der Waals surface area contributed by atoms with Crippen LogP contribution >= 0.6 is 15.9 Å².